The van der Waals surface area contributed by atoms with Crippen LogP contribution in [0.25, 0.3) is 0 Å². The summed E-state index contributed by atoms with van der Waals surface area (Å²) in [6.07, 6.45) is 12.1. The zero-order valence-electron chi connectivity index (χ0n) is 10.0. The molecule has 1 aliphatic carbocycles. The third kappa shape index (κ3) is 3.52. The molecule has 1 unspecified atom stereocenters. The van der Waals surface area contributed by atoms with Gasteiger partial charge in [-0.05, 0) is 38.6 Å². The summed E-state index contributed by atoms with van der Waals surface area (Å²) in [5.41, 5.74) is 0.154. The van der Waals surface area contributed by atoms with Crippen molar-refractivity contribution >= 4 is 0 Å². The maximum Gasteiger partial charge on any atom is 0.0693 e. The van der Waals surface area contributed by atoms with E-state index in [2.05, 4.69) is 18.2 Å². The predicted octanol–water partition coefficient (Wildman–Crippen LogP) is 2.34. The van der Waals surface area contributed by atoms with Gasteiger partial charge in [0, 0.05) is 19.6 Å². The molecule has 0 spiro atoms. The Morgan fingerprint density at radius 2 is 2.27 bits per heavy atom. The highest BCUT2D eigenvalue weighted by molar-refractivity contribution is 4.94. The fourth-order valence-corrected chi connectivity index (χ4v) is 2.33. The smallest absolute Gasteiger partial charge is 0.0693 e. The van der Waals surface area contributed by atoms with Crippen LogP contribution in [0.15, 0.2) is 0 Å². The molecule has 1 aliphatic rings. The Bertz CT molecular complexity index is 210. The Labute approximate surface area is 93.8 Å². The fraction of sp³-hybridized carbons (Fsp3) is 0.846. The Balaban J connectivity index is 2.38. The van der Waals surface area contributed by atoms with Crippen molar-refractivity contribution in [1.29, 1.82) is 0 Å². The molecule has 0 amide bonds. The summed E-state index contributed by atoms with van der Waals surface area (Å²) < 4.78 is 5.64. The highest BCUT2D eigenvalue weighted by Crippen LogP contribution is 2.39. The molecule has 0 aromatic heterocycles. The molecule has 0 saturated heterocycles. The molecule has 1 saturated carbocycles. The standard InChI is InChI=1S/C13H23NO/c1-4-6-8-12(14-5-2)11-13(15-3)9-7-10-13/h1,12,14H,5-11H2,2-3H3. The third-order valence-electron chi connectivity index (χ3n) is 3.45. The van der Waals surface area contributed by atoms with Crippen molar-refractivity contribution in [3.63, 3.8) is 0 Å². The van der Waals surface area contributed by atoms with Crippen LogP contribution in [0.4, 0.5) is 0 Å². The van der Waals surface area contributed by atoms with Crippen molar-refractivity contribution in [3.05, 3.63) is 0 Å². The Morgan fingerprint density at radius 3 is 2.67 bits per heavy atom. The summed E-state index contributed by atoms with van der Waals surface area (Å²) in [6, 6.07) is 0.520. The van der Waals surface area contributed by atoms with Gasteiger partial charge < -0.3 is 10.1 Å². The van der Waals surface area contributed by atoms with Crippen LogP contribution in [-0.4, -0.2) is 25.3 Å². The van der Waals surface area contributed by atoms with Gasteiger partial charge in [0.2, 0.25) is 0 Å². The minimum Gasteiger partial charge on any atom is -0.378 e. The summed E-state index contributed by atoms with van der Waals surface area (Å²) in [7, 11) is 1.84. The van der Waals surface area contributed by atoms with Gasteiger partial charge in [0.05, 0.1) is 5.60 Å². The molecule has 2 heteroatoms. The maximum absolute atomic E-state index is 5.64. The molecule has 2 nitrogen and oxygen atoms in total. The van der Waals surface area contributed by atoms with Gasteiger partial charge in [0.1, 0.15) is 0 Å². The average molecular weight is 209 g/mol. The summed E-state index contributed by atoms with van der Waals surface area (Å²) in [5.74, 6) is 2.72. The zero-order chi connectivity index (χ0) is 11.1. The van der Waals surface area contributed by atoms with E-state index in [0.717, 1.165) is 25.8 Å². The molecule has 0 heterocycles. The van der Waals surface area contributed by atoms with Crippen molar-refractivity contribution in [3.8, 4) is 12.3 Å². The van der Waals surface area contributed by atoms with Gasteiger partial charge in [-0.1, -0.05) is 6.92 Å². The normalized spacial score (nSPS) is 20.3. The molecule has 15 heavy (non-hydrogen) atoms. The van der Waals surface area contributed by atoms with Gasteiger partial charge in [-0.15, -0.1) is 12.3 Å². The molecule has 1 fully saturated rings. The van der Waals surface area contributed by atoms with Crippen LogP contribution in [0.1, 0.15) is 45.4 Å². The monoisotopic (exact) mass is 209 g/mol. The van der Waals surface area contributed by atoms with Gasteiger partial charge in [-0.25, -0.2) is 0 Å². The van der Waals surface area contributed by atoms with Gasteiger partial charge in [0.15, 0.2) is 0 Å². The number of ether oxygens (including phenoxy) is 1. The molecule has 0 bridgehead atoms. The topological polar surface area (TPSA) is 21.3 Å². The predicted molar refractivity (Wildman–Crippen MR) is 63.7 cm³/mol. The first-order valence-electron chi connectivity index (χ1n) is 5.98. The summed E-state index contributed by atoms with van der Waals surface area (Å²) >= 11 is 0. The van der Waals surface area contributed by atoms with Crippen LogP contribution in [0.3, 0.4) is 0 Å². The van der Waals surface area contributed by atoms with Crippen LogP contribution in [-0.2, 0) is 4.74 Å². The van der Waals surface area contributed by atoms with E-state index in [1.165, 1.54) is 19.3 Å². The van der Waals surface area contributed by atoms with E-state index in [9.17, 15) is 0 Å². The molecule has 0 aromatic rings. The first-order chi connectivity index (χ1) is 7.26. The van der Waals surface area contributed by atoms with E-state index in [4.69, 9.17) is 11.2 Å². The lowest BCUT2D eigenvalue weighted by Gasteiger charge is -2.43. The molecule has 1 atom stereocenters. The van der Waals surface area contributed by atoms with Gasteiger partial charge in [0.25, 0.3) is 0 Å². The van der Waals surface area contributed by atoms with Crippen molar-refractivity contribution < 1.29 is 4.74 Å². The van der Waals surface area contributed by atoms with Crippen LogP contribution >= 0.6 is 0 Å². The Kier molecular flexibility index (Phi) is 5.14. The number of hydrogen-bond acceptors (Lipinski definition) is 2. The number of nitrogens with one attached hydrogen (secondary N) is 1. The minimum absolute atomic E-state index is 0.154. The van der Waals surface area contributed by atoms with Crippen LogP contribution < -0.4 is 5.32 Å². The van der Waals surface area contributed by atoms with E-state index >= 15 is 0 Å². The van der Waals surface area contributed by atoms with Crippen molar-refractivity contribution in [2.24, 2.45) is 0 Å². The van der Waals surface area contributed by atoms with E-state index in [1.807, 2.05) is 7.11 Å². The number of hydrogen-bond donors (Lipinski definition) is 1. The van der Waals surface area contributed by atoms with Crippen molar-refractivity contribution in [1.82, 2.24) is 5.32 Å². The highest BCUT2D eigenvalue weighted by atomic mass is 16.5. The third-order valence-corrected chi connectivity index (χ3v) is 3.45. The lowest BCUT2D eigenvalue weighted by atomic mass is 9.75. The van der Waals surface area contributed by atoms with E-state index in [1.54, 1.807) is 0 Å². The largest absolute Gasteiger partial charge is 0.378 e. The maximum atomic E-state index is 5.64. The molecular formula is C13H23NO. The minimum atomic E-state index is 0.154. The van der Waals surface area contributed by atoms with Crippen molar-refractivity contribution in [2.75, 3.05) is 13.7 Å². The molecule has 1 rings (SSSR count). The number of terminal acetylenes is 1. The lowest BCUT2D eigenvalue weighted by molar-refractivity contribution is -0.0837. The quantitative estimate of drug-likeness (QED) is 0.650. The second-order valence-electron chi connectivity index (χ2n) is 4.44. The molecule has 0 radical (unpaired) electrons. The van der Waals surface area contributed by atoms with Gasteiger partial charge >= 0.3 is 0 Å². The fourth-order valence-electron chi connectivity index (χ4n) is 2.33. The van der Waals surface area contributed by atoms with Crippen molar-refractivity contribution in [2.45, 2.75) is 57.1 Å². The van der Waals surface area contributed by atoms with Crippen LogP contribution in [0, 0.1) is 12.3 Å². The number of rotatable bonds is 7. The lowest BCUT2D eigenvalue weighted by Crippen LogP contribution is -2.45. The van der Waals surface area contributed by atoms with E-state index < -0.39 is 0 Å². The average Bonchev–Trinajstić information content (AvgIpc) is 2.20. The van der Waals surface area contributed by atoms with Crippen LogP contribution in [0.2, 0.25) is 0 Å². The second kappa shape index (κ2) is 6.15. The molecule has 0 aromatic carbocycles. The zero-order valence-corrected chi connectivity index (χ0v) is 10.0. The Hall–Kier alpha value is -0.520. The summed E-state index contributed by atoms with van der Waals surface area (Å²) in [5, 5.41) is 3.50. The molecule has 0 aliphatic heterocycles. The van der Waals surface area contributed by atoms with Crippen LogP contribution in [0.5, 0.6) is 0 Å². The second-order valence-corrected chi connectivity index (χ2v) is 4.44. The highest BCUT2D eigenvalue weighted by Gasteiger charge is 2.38. The number of methoxy groups -OCH3 is 1. The van der Waals surface area contributed by atoms with Gasteiger partial charge in [-0.2, -0.15) is 0 Å². The van der Waals surface area contributed by atoms with E-state index in [0.29, 0.717) is 6.04 Å². The molecule has 86 valence electrons. The molecular weight excluding hydrogens is 186 g/mol. The molecule has 1 N–H and O–H groups in total. The SMILES string of the molecule is C#CCCC(CC1(OC)CCC1)NCC. The van der Waals surface area contributed by atoms with E-state index in [-0.39, 0.29) is 5.60 Å². The first-order valence-corrected chi connectivity index (χ1v) is 5.98. The van der Waals surface area contributed by atoms with Gasteiger partial charge in [-0.3, -0.25) is 0 Å². The summed E-state index contributed by atoms with van der Waals surface area (Å²) in [6.45, 7) is 3.15. The first kappa shape index (κ1) is 12.5. The Morgan fingerprint density at radius 1 is 1.53 bits per heavy atom. The summed E-state index contributed by atoms with van der Waals surface area (Å²) in [4.78, 5) is 0.